The predicted molar refractivity (Wildman–Crippen MR) is 102 cm³/mol. The van der Waals surface area contributed by atoms with Crippen molar-refractivity contribution in [3.8, 4) is 12.0 Å². The van der Waals surface area contributed by atoms with Gasteiger partial charge in [0.25, 0.3) is 0 Å². The quantitative estimate of drug-likeness (QED) is 0.527. The van der Waals surface area contributed by atoms with E-state index in [0.29, 0.717) is 33.7 Å². The summed E-state index contributed by atoms with van der Waals surface area (Å²) in [5.74, 6) is 0.537. The number of rotatable bonds is 3. The minimum atomic E-state index is -0.179. The monoisotopic (exact) mass is 355 g/mol. The van der Waals surface area contributed by atoms with E-state index in [9.17, 15) is 10.1 Å². The third-order valence-electron chi connectivity index (χ3n) is 4.72. The Morgan fingerprint density at radius 1 is 1.11 bits per heavy atom. The topological polar surface area (TPSA) is 76.5 Å². The molecule has 4 rings (SSSR count). The van der Waals surface area contributed by atoms with Crippen LogP contribution in [-0.4, -0.2) is 24.9 Å². The van der Waals surface area contributed by atoms with Gasteiger partial charge in [0.2, 0.25) is 5.95 Å². The summed E-state index contributed by atoms with van der Waals surface area (Å²) in [5, 5.41) is 9.66. The molecule has 0 radical (unpaired) electrons. The third kappa shape index (κ3) is 2.61. The first-order valence-corrected chi connectivity index (χ1v) is 8.52. The molecule has 4 aromatic rings. The minimum Gasteiger partial charge on any atom is -0.312 e. The summed E-state index contributed by atoms with van der Waals surface area (Å²) in [6.45, 7) is 4.02. The van der Waals surface area contributed by atoms with Crippen LogP contribution in [-0.2, 0) is 7.05 Å². The van der Waals surface area contributed by atoms with Crippen molar-refractivity contribution in [2.45, 2.75) is 13.8 Å². The maximum Gasteiger partial charge on any atom is 0.215 e. The second kappa shape index (κ2) is 6.22. The van der Waals surface area contributed by atoms with Crippen molar-refractivity contribution in [2.24, 2.45) is 7.05 Å². The van der Waals surface area contributed by atoms with Crippen LogP contribution in [0.15, 0.2) is 48.8 Å². The zero-order valence-electron chi connectivity index (χ0n) is 15.3. The standard InChI is InChI=1S/C21H17N5O/c1-13-6-7-14(2)26(13)21-24-18-10-16(9-17(11-22)19(18)25(21)3)20(27)15-5-4-8-23-12-15/h4-10,12H,1-3H3. The molecule has 0 fully saturated rings. The Kier molecular flexibility index (Phi) is 3.85. The van der Waals surface area contributed by atoms with Crippen molar-refractivity contribution >= 4 is 16.8 Å². The van der Waals surface area contributed by atoms with E-state index < -0.39 is 0 Å². The highest BCUT2D eigenvalue weighted by molar-refractivity contribution is 6.10. The molecule has 0 unspecified atom stereocenters. The van der Waals surface area contributed by atoms with Crippen LogP contribution in [0.3, 0.4) is 0 Å². The van der Waals surface area contributed by atoms with Gasteiger partial charge in [-0.1, -0.05) is 0 Å². The summed E-state index contributed by atoms with van der Waals surface area (Å²) >= 11 is 0. The molecule has 3 heterocycles. The van der Waals surface area contributed by atoms with Gasteiger partial charge in [0.15, 0.2) is 5.78 Å². The second-order valence-electron chi connectivity index (χ2n) is 6.50. The number of nitriles is 1. The van der Waals surface area contributed by atoms with Crippen LogP contribution < -0.4 is 0 Å². The molecule has 0 atom stereocenters. The molecule has 3 aromatic heterocycles. The van der Waals surface area contributed by atoms with E-state index in [-0.39, 0.29) is 5.78 Å². The summed E-state index contributed by atoms with van der Waals surface area (Å²) in [7, 11) is 1.88. The van der Waals surface area contributed by atoms with E-state index in [4.69, 9.17) is 4.98 Å². The van der Waals surface area contributed by atoms with Crippen molar-refractivity contribution in [3.05, 3.63) is 76.9 Å². The number of pyridine rings is 1. The normalized spacial score (nSPS) is 10.9. The summed E-state index contributed by atoms with van der Waals surface area (Å²) < 4.78 is 3.93. The number of fused-ring (bicyclic) bond motifs is 1. The maximum absolute atomic E-state index is 12.8. The fourth-order valence-electron chi connectivity index (χ4n) is 3.40. The van der Waals surface area contributed by atoms with Crippen LogP contribution in [0.2, 0.25) is 0 Å². The first-order valence-electron chi connectivity index (χ1n) is 8.52. The zero-order chi connectivity index (χ0) is 19.1. The SMILES string of the molecule is Cc1ccc(C)n1-c1nc2cc(C(=O)c3cccnc3)cc(C#N)c2n1C. The van der Waals surface area contributed by atoms with Crippen molar-refractivity contribution in [1.82, 2.24) is 19.1 Å². The van der Waals surface area contributed by atoms with Crippen LogP contribution in [0.1, 0.15) is 32.9 Å². The van der Waals surface area contributed by atoms with Gasteiger partial charge in [0.1, 0.15) is 6.07 Å². The smallest absolute Gasteiger partial charge is 0.215 e. The van der Waals surface area contributed by atoms with E-state index in [1.54, 1.807) is 30.5 Å². The Morgan fingerprint density at radius 2 is 1.85 bits per heavy atom. The first kappa shape index (κ1) is 16.7. The van der Waals surface area contributed by atoms with Crippen LogP contribution in [0.25, 0.3) is 17.0 Å². The average molecular weight is 355 g/mol. The second-order valence-corrected chi connectivity index (χ2v) is 6.50. The number of hydrogen-bond acceptors (Lipinski definition) is 4. The van der Waals surface area contributed by atoms with E-state index in [1.807, 2.05) is 42.2 Å². The molecule has 1 aromatic carbocycles. The molecule has 6 nitrogen and oxygen atoms in total. The lowest BCUT2D eigenvalue weighted by Crippen LogP contribution is -2.06. The van der Waals surface area contributed by atoms with Crippen molar-refractivity contribution < 1.29 is 4.79 Å². The number of benzene rings is 1. The predicted octanol–water partition coefficient (Wildman–Crippen LogP) is 3.48. The zero-order valence-corrected chi connectivity index (χ0v) is 15.3. The summed E-state index contributed by atoms with van der Waals surface area (Å²) in [6.07, 6.45) is 3.14. The number of ketones is 1. The van der Waals surface area contributed by atoms with Gasteiger partial charge < -0.3 is 4.57 Å². The van der Waals surface area contributed by atoms with Gasteiger partial charge in [-0.05, 0) is 50.2 Å². The van der Waals surface area contributed by atoms with Crippen LogP contribution in [0, 0.1) is 25.2 Å². The van der Waals surface area contributed by atoms with Crippen molar-refractivity contribution in [3.63, 3.8) is 0 Å². The molecule has 132 valence electrons. The molecule has 0 bridgehead atoms. The lowest BCUT2D eigenvalue weighted by atomic mass is 10.0. The highest BCUT2D eigenvalue weighted by atomic mass is 16.1. The largest absolute Gasteiger partial charge is 0.312 e. The maximum atomic E-state index is 12.8. The van der Waals surface area contributed by atoms with E-state index in [2.05, 4.69) is 11.1 Å². The van der Waals surface area contributed by atoms with Gasteiger partial charge in [-0.3, -0.25) is 14.3 Å². The number of aryl methyl sites for hydroxylation is 3. The molecule has 0 N–H and O–H groups in total. The number of carbonyl (C=O) groups is 1. The van der Waals surface area contributed by atoms with Gasteiger partial charge in [-0.2, -0.15) is 5.26 Å². The molecule has 0 saturated carbocycles. The molecule has 0 spiro atoms. The molecular formula is C21H17N5O. The van der Waals surface area contributed by atoms with Crippen LogP contribution in [0.4, 0.5) is 0 Å². The molecule has 0 aliphatic carbocycles. The molecule has 0 saturated heterocycles. The fraction of sp³-hybridized carbons (Fsp3) is 0.143. The summed E-state index contributed by atoms with van der Waals surface area (Å²) in [6, 6.07) is 13.0. The van der Waals surface area contributed by atoms with Crippen LogP contribution >= 0.6 is 0 Å². The van der Waals surface area contributed by atoms with Crippen molar-refractivity contribution in [2.75, 3.05) is 0 Å². The Balaban J connectivity index is 1.95. The number of hydrogen-bond donors (Lipinski definition) is 0. The highest BCUT2D eigenvalue weighted by Crippen LogP contribution is 2.26. The lowest BCUT2D eigenvalue weighted by Gasteiger charge is -2.09. The number of carbonyl (C=O) groups excluding carboxylic acids is 1. The van der Waals surface area contributed by atoms with E-state index in [1.165, 1.54) is 6.20 Å². The minimum absolute atomic E-state index is 0.179. The first-order chi connectivity index (χ1) is 13.0. The Labute approximate surface area is 156 Å². The molecular weight excluding hydrogens is 338 g/mol. The van der Waals surface area contributed by atoms with Gasteiger partial charge in [0.05, 0.1) is 16.6 Å². The number of nitrogens with zero attached hydrogens (tertiary/aromatic N) is 5. The van der Waals surface area contributed by atoms with Gasteiger partial charge >= 0.3 is 0 Å². The fourth-order valence-corrected chi connectivity index (χ4v) is 3.40. The summed E-state index contributed by atoms with van der Waals surface area (Å²) in [5.41, 5.74) is 4.76. The lowest BCUT2D eigenvalue weighted by molar-refractivity contribution is 0.103. The van der Waals surface area contributed by atoms with Crippen molar-refractivity contribution in [1.29, 1.82) is 5.26 Å². The van der Waals surface area contributed by atoms with E-state index >= 15 is 0 Å². The van der Waals surface area contributed by atoms with Gasteiger partial charge in [-0.25, -0.2) is 4.98 Å². The summed E-state index contributed by atoms with van der Waals surface area (Å²) in [4.78, 5) is 21.5. The van der Waals surface area contributed by atoms with E-state index in [0.717, 1.165) is 11.4 Å². The number of aromatic nitrogens is 4. The Morgan fingerprint density at radius 3 is 2.48 bits per heavy atom. The molecule has 27 heavy (non-hydrogen) atoms. The average Bonchev–Trinajstić information content (AvgIpc) is 3.19. The molecule has 6 heteroatoms. The highest BCUT2D eigenvalue weighted by Gasteiger charge is 2.19. The Hall–Kier alpha value is -3.72. The third-order valence-corrected chi connectivity index (χ3v) is 4.72. The molecule has 0 aliphatic rings. The molecule has 0 amide bonds. The van der Waals surface area contributed by atoms with Gasteiger partial charge in [0, 0.05) is 42.0 Å². The van der Waals surface area contributed by atoms with Gasteiger partial charge in [-0.15, -0.1) is 0 Å². The molecule has 0 aliphatic heterocycles. The van der Waals surface area contributed by atoms with Crippen LogP contribution in [0.5, 0.6) is 0 Å². The Bertz CT molecular complexity index is 1210. The number of imidazole rings is 1.